The molecule has 29 heavy (non-hydrogen) atoms. The number of carbonyl (C=O) groups excluding carboxylic acids is 2. The molecule has 0 fully saturated rings. The zero-order chi connectivity index (χ0) is 21.6. The maximum Gasteiger partial charge on any atom is 0.416 e. The SMILES string of the molecule is NC(=O)[C@H](CC[S@](=O)c1ccccc1)NC(=O)[C@H](O)c1ccc(C(F)(F)F)cc1. The number of primary amides is 1. The van der Waals surface area contributed by atoms with Gasteiger partial charge in [-0.2, -0.15) is 13.2 Å². The van der Waals surface area contributed by atoms with Crippen LogP contribution in [0.5, 0.6) is 0 Å². The Morgan fingerprint density at radius 2 is 1.66 bits per heavy atom. The average Bonchev–Trinajstić information content (AvgIpc) is 2.70. The Labute approximate surface area is 167 Å². The molecule has 0 bridgehead atoms. The number of aliphatic hydroxyl groups is 1. The minimum absolute atomic E-state index is 0.0360. The molecule has 0 aliphatic heterocycles. The van der Waals surface area contributed by atoms with Gasteiger partial charge in [0.25, 0.3) is 5.91 Å². The van der Waals surface area contributed by atoms with Crippen molar-refractivity contribution in [2.24, 2.45) is 5.73 Å². The van der Waals surface area contributed by atoms with E-state index >= 15 is 0 Å². The fraction of sp³-hybridized carbons (Fsp3) is 0.263. The molecule has 0 radical (unpaired) electrons. The van der Waals surface area contributed by atoms with Gasteiger partial charge in [0, 0.05) is 10.6 Å². The van der Waals surface area contributed by atoms with Crippen molar-refractivity contribution in [3.05, 3.63) is 65.7 Å². The van der Waals surface area contributed by atoms with Crippen molar-refractivity contribution in [1.29, 1.82) is 0 Å². The molecule has 156 valence electrons. The third kappa shape index (κ3) is 6.40. The first-order valence-corrected chi connectivity index (χ1v) is 9.80. The van der Waals surface area contributed by atoms with Crippen molar-refractivity contribution in [1.82, 2.24) is 5.32 Å². The first-order valence-electron chi connectivity index (χ1n) is 8.48. The van der Waals surface area contributed by atoms with Gasteiger partial charge < -0.3 is 16.2 Å². The molecule has 6 nitrogen and oxygen atoms in total. The van der Waals surface area contributed by atoms with E-state index in [1.807, 2.05) is 0 Å². The first-order chi connectivity index (χ1) is 13.6. The third-order valence-electron chi connectivity index (χ3n) is 4.06. The summed E-state index contributed by atoms with van der Waals surface area (Å²) in [6.07, 6.45) is -6.38. The second-order valence-electron chi connectivity index (χ2n) is 6.14. The van der Waals surface area contributed by atoms with Crippen LogP contribution in [0.3, 0.4) is 0 Å². The molecule has 0 aliphatic carbocycles. The van der Waals surface area contributed by atoms with E-state index in [1.54, 1.807) is 30.3 Å². The average molecular weight is 428 g/mol. The van der Waals surface area contributed by atoms with E-state index in [4.69, 9.17) is 5.73 Å². The summed E-state index contributed by atoms with van der Waals surface area (Å²) in [5, 5.41) is 12.3. The Morgan fingerprint density at radius 3 is 2.17 bits per heavy atom. The molecular weight excluding hydrogens is 409 g/mol. The van der Waals surface area contributed by atoms with E-state index in [1.165, 1.54) is 0 Å². The van der Waals surface area contributed by atoms with Crippen molar-refractivity contribution in [3.63, 3.8) is 0 Å². The number of aliphatic hydroxyl groups excluding tert-OH is 1. The van der Waals surface area contributed by atoms with E-state index in [9.17, 15) is 32.1 Å². The molecule has 2 aromatic rings. The largest absolute Gasteiger partial charge is 0.416 e. The number of nitrogens with two attached hydrogens (primary N) is 1. The molecule has 0 heterocycles. The van der Waals surface area contributed by atoms with Crippen LogP contribution < -0.4 is 11.1 Å². The van der Waals surface area contributed by atoms with Crippen molar-refractivity contribution >= 4 is 22.6 Å². The minimum Gasteiger partial charge on any atom is -0.378 e. The predicted molar refractivity (Wildman–Crippen MR) is 99.9 cm³/mol. The van der Waals surface area contributed by atoms with E-state index in [-0.39, 0.29) is 17.7 Å². The zero-order valence-corrected chi connectivity index (χ0v) is 15.9. The van der Waals surface area contributed by atoms with Gasteiger partial charge >= 0.3 is 6.18 Å². The fourth-order valence-electron chi connectivity index (χ4n) is 2.46. The van der Waals surface area contributed by atoms with Crippen LogP contribution in [0.15, 0.2) is 59.5 Å². The van der Waals surface area contributed by atoms with Gasteiger partial charge in [-0.1, -0.05) is 30.3 Å². The number of alkyl halides is 3. The van der Waals surface area contributed by atoms with Crippen LogP contribution in [-0.4, -0.2) is 32.9 Å². The van der Waals surface area contributed by atoms with E-state index in [2.05, 4.69) is 5.32 Å². The summed E-state index contributed by atoms with van der Waals surface area (Å²) in [5.74, 6) is -1.85. The van der Waals surface area contributed by atoms with Crippen molar-refractivity contribution in [3.8, 4) is 0 Å². The third-order valence-corrected chi connectivity index (χ3v) is 5.46. The van der Waals surface area contributed by atoms with Gasteiger partial charge in [0.2, 0.25) is 5.91 Å². The highest BCUT2D eigenvalue weighted by Gasteiger charge is 2.31. The number of halogens is 3. The van der Waals surface area contributed by atoms with E-state index < -0.39 is 46.5 Å². The summed E-state index contributed by atoms with van der Waals surface area (Å²) >= 11 is 0. The highest BCUT2D eigenvalue weighted by Crippen LogP contribution is 2.30. The molecule has 10 heteroatoms. The van der Waals surface area contributed by atoms with Crippen molar-refractivity contribution in [2.45, 2.75) is 29.6 Å². The fourth-order valence-corrected chi connectivity index (χ4v) is 3.60. The second kappa shape index (κ2) is 9.66. The van der Waals surface area contributed by atoms with Gasteiger partial charge in [-0.25, -0.2) is 0 Å². The van der Waals surface area contributed by atoms with Crippen LogP contribution >= 0.6 is 0 Å². The summed E-state index contributed by atoms with van der Waals surface area (Å²) < 4.78 is 50.0. The van der Waals surface area contributed by atoms with Gasteiger partial charge in [-0.3, -0.25) is 13.8 Å². The Kier molecular flexibility index (Phi) is 7.52. The van der Waals surface area contributed by atoms with Gasteiger partial charge in [0.15, 0.2) is 6.10 Å². The minimum atomic E-state index is -4.54. The lowest BCUT2D eigenvalue weighted by atomic mass is 10.1. The highest BCUT2D eigenvalue weighted by atomic mass is 32.2. The second-order valence-corrected chi connectivity index (χ2v) is 7.71. The van der Waals surface area contributed by atoms with Gasteiger partial charge in [-0.15, -0.1) is 0 Å². The van der Waals surface area contributed by atoms with Crippen LogP contribution in [0.4, 0.5) is 13.2 Å². The summed E-state index contributed by atoms with van der Waals surface area (Å²) in [4.78, 5) is 24.3. The number of amides is 2. The number of carbonyl (C=O) groups is 2. The molecule has 2 rings (SSSR count). The maximum atomic E-state index is 12.6. The molecule has 3 atom stereocenters. The lowest BCUT2D eigenvalue weighted by Crippen LogP contribution is -2.46. The molecule has 4 N–H and O–H groups in total. The molecule has 0 saturated carbocycles. The monoisotopic (exact) mass is 428 g/mol. The van der Waals surface area contributed by atoms with E-state index in [0.29, 0.717) is 4.90 Å². The summed E-state index contributed by atoms with van der Waals surface area (Å²) in [5.41, 5.74) is 4.26. The first kappa shape index (κ1) is 22.6. The van der Waals surface area contributed by atoms with Crippen molar-refractivity contribution < 1.29 is 32.1 Å². The molecular formula is C19H19F3N2O4S. The molecule has 0 aromatic heterocycles. The quantitative estimate of drug-likeness (QED) is 0.597. The molecule has 0 spiro atoms. The number of hydrogen-bond acceptors (Lipinski definition) is 4. The smallest absolute Gasteiger partial charge is 0.378 e. The summed E-state index contributed by atoms with van der Waals surface area (Å²) in [6, 6.07) is 10.7. The topological polar surface area (TPSA) is 109 Å². The molecule has 2 amide bonds. The highest BCUT2D eigenvalue weighted by molar-refractivity contribution is 7.85. The molecule has 0 saturated heterocycles. The Hall–Kier alpha value is -2.72. The van der Waals surface area contributed by atoms with Crippen LogP contribution in [0.1, 0.15) is 23.7 Å². The summed E-state index contributed by atoms with van der Waals surface area (Å²) in [6.45, 7) is 0. The van der Waals surface area contributed by atoms with Crippen LogP contribution in [0, 0.1) is 0 Å². The van der Waals surface area contributed by atoms with Crippen LogP contribution in [0.25, 0.3) is 0 Å². The Balaban J connectivity index is 1.99. The Bertz CT molecular complexity index is 873. The maximum absolute atomic E-state index is 12.6. The number of rotatable bonds is 8. The normalized spacial score (nSPS) is 14.6. The van der Waals surface area contributed by atoms with Gasteiger partial charge in [-0.05, 0) is 36.2 Å². The number of hydrogen-bond donors (Lipinski definition) is 3. The van der Waals surface area contributed by atoms with Crippen LogP contribution in [0.2, 0.25) is 0 Å². The van der Waals surface area contributed by atoms with E-state index in [0.717, 1.165) is 24.3 Å². The lowest BCUT2D eigenvalue weighted by molar-refractivity contribution is -0.137. The standard InChI is InChI=1S/C19H19F3N2O4S/c20-19(21,22)13-8-6-12(7-9-13)16(25)18(27)24-15(17(23)26)10-11-29(28)14-4-2-1-3-5-14/h1-9,15-16,25H,10-11H2,(H2,23,26)(H,24,27)/t15-,16+,29-/m0/s1. The Morgan fingerprint density at radius 1 is 1.07 bits per heavy atom. The van der Waals surface area contributed by atoms with Crippen molar-refractivity contribution in [2.75, 3.05) is 5.75 Å². The lowest BCUT2D eigenvalue weighted by Gasteiger charge is -2.18. The number of nitrogens with one attached hydrogen (secondary N) is 1. The molecule has 2 aromatic carbocycles. The summed E-state index contributed by atoms with van der Waals surface area (Å²) in [7, 11) is -1.42. The number of benzene rings is 2. The van der Waals surface area contributed by atoms with Gasteiger partial charge in [0.1, 0.15) is 6.04 Å². The van der Waals surface area contributed by atoms with Gasteiger partial charge in [0.05, 0.1) is 16.4 Å². The predicted octanol–water partition coefficient (Wildman–Crippen LogP) is 1.91. The van der Waals surface area contributed by atoms with Crippen LogP contribution in [-0.2, 0) is 26.6 Å². The molecule has 0 aliphatic rings. The zero-order valence-electron chi connectivity index (χ0n) is 15.1. The molecule has 0 unspecified atom stereocenters.